The van der Waals surface area contributed by atoms with Crippen molar-refractivity contribution in [3.8, 4) is 6.07 Å². The summed E-state index contributed by atoms with van der Waals surface area (Å²) >= 11 is 0. The smallest absolute Gasteiger partial charge is 0.143 e. The topological polar surface area (TPSA) is 61.6 Å². The molecule has 2 heterocycles. The second kappa shape index (κ2) is 6.95. The molecule has 0 bridgehead atoms. The van der Waals surface area contributed by atoms with Gasteiger partial charge in [-0.3, -0.25) is 4.98 Å². The zero-order valence-corrected chi connectivity index (χ0v) is 14.0. The average molecular weight is 308 g/mol. The third kappa shape index (κ3) is 3.79. The van der Waals surface area contributed by atoms with Crippen LogP contribution in [0, 0.1) is 17.2 Å². The second-order valence-corrected chi connectivity index (χ2v) is 6.85. The van der Waals surface area contributed by atoms with Crippen molar-refractivity contribution in [2.24, 2.45) is 5.92 Å². The molecule has 23 heavy (non-hydrogen) atoms. The Labute approximate surface area is 138 Å². The summed E-state index contributed by atoms with van der Waals surface area (Å²) < 4.78 is 0. The molecule has 4 heteroatoms. The highest BCUT2D eigenvalue weighted by Gasteiger charge is 2.15. The lowest BCUT2D eigenvalue weighted by molar-refractivity contribution is 0.501. The van der Waals surface area contributed by atoms with Gasteiger partial charge in [-0.15, -0.1) is 0 Å². The largest absolute Gasteiger partial charge is 0.367 e. The molecular formula is C19H24N4. The van der Waals surface area contributed by atoms with E-state index in [0.29, 0.717) is 5.69 Å². The maximum atomic E-state index is 9.16. The van der Waals surface area contributed by atoms with Gasteiger partial charge in [0.25, 0.3) is 0 Å². The molecule has 2 aromatic heterocycles. The van der Waals surface area contributed by atoms with Crippen molar-refractivity contribution in [2.45, 2.75) is 58.4 Å². The van der Waals surface area contributed by atoms with Crippen LogP contribution in [0.3, 0.4) is 0 Å². The molecule has 1 aliphatic rings. The van der Waals surface area contributed by atoms with Gasteiger partial charge >= 0.3 is 0 Å². The summed E-state index contributed by atoms with van der Waals surface area (Å²) in [6.45, 7) is 4.16. The molecule has 0 unspecified atom stereocenters. The Morgan fingerprint density at radius 3 is 2.78 bits per heavy atom. The number of nitriles is 1. The van der Waals surface area contributed by atoms with E-state index in [1.54, 1.807) is 0 Å². The monoisotopic (exact) mass is 308 g/mol. The first-order chi connectivity index (χ1) is 11.2. The fourth-order valence-electron chi connectivity index (χ4n) is 3.42. The van der Waals surface area contributed by atoms with Crippen LogP contribution in [-0.4, -0.2) is 16.0 Å². The summed E-state index contributed by atoms with van der Waals surface area (Å²) in [7, 11) is 0. The first kappa shape index (κ1) is 15.7. The molecule has 0 amide bonds. The van der Waals surface area contributed by atoms with Crippen LogP contribution in [0.15, 0.2) is 18.3 Å². The number of anilines is 1. The standard InChI is InChI=1S/C19H24N4/c1-13(2)22-19-18-10-16(8-7-14-5-3-4-6-14)21-12-15(18)9-17(11-20)23-19/h9-10,12-14H,3-8H2,1-2H3,(H,22,23). The molecule has 0 saturated heterocycles. The predicted molar refractivity (Wildman–Crippen MR) is 93.3 cm³/mol. The van der Waals surface area contributed by atoms with E-state index < -0.39 is 0 Å². The van der Waals surface area contributed by atoms with Gasteiger partial charge < -0.3 is 5.32 Å². The Balaban J connectivity index is 1.88. The summed E-state index contributed by atoms with van der Waals surface area (Å²) in [5.41, 5.74) is 1.56. The molecule has 4 nitrogen and oxygen atoms in total. The molecule has 1 N–H and O–H groups in total. The Morgan fingerprint density at radius 2 is 2.09 bits per heavy atom. The number of rotatable bonds is 5. The number of nitrogens with one attached hydrogen (secondary N) is 1. The van der Waals surface area contributed by atoms with Crippen molar-refractivity contribution in [3.63, 3.8) is 0 Å². The quantitative estimate of drug-likeness (QED) is 0.886. The summed E-state index contributed by atoms with van der Waals surface area (Å²) in [6.07, 6.45) is 9.67. The highest BCUT2D eigenvalue weighted by Crippen LogP contribution is 2.29. The number of hydrogen-bond acceptors (Lipinski definition) is 4. The third-order valence-corrected chi connectivity index (χ3v) is 4.59. The lowest BCUT2D eigenvalue weighted by Gasteiger charge is -2.13. The second-order valence-electron chi connectivity index (χ2n) is 6.85. The first-order valence-corrected chi connectivity index (χ1v) is 8.62. The highest BCUT2D eigenvalue weighted by atomic mass is 15.0. The van der Waals surface area contributed by atoms with Gasteiger partial charge in [0.1, 0.15) is 17.6 Å². The average Bonchev–Trinajstić information content (AvgIpc) is 3.05. The molecule has 3 rings (SSSR count). The minimum absolute atomic E-state index is 0.273. The maximum Gasteiger partial charge on any atom is 0.143 e. The first-order valence-electron chi connectivity index (χ1n) is 8.62. The summed E-state index contributed by atoms with van der Waals surface area (Å²) in [5.74, 6) is 1.67. The Kier molecular flexibility index (Phi) is 4.76. The molecule has 0 atom stereocenters. The van der Waals surface area contributed by atoms with Crippen LogP contribution in [0.5, 0.6) is 0 Å². The summed E-state index contributed by atoms with van der Waals surface area (Å²) in [6, 6.07) is 6.36. The van der Waals surface area contributed by atoms with Crippen molar-refractivity contribution >= 4 is 16.6 Å². The van der Waals surface area contributed by atoms with Crippen LogP contribution in [-0.2, 0) is 6.42 Å². The van der Waals surface area contributed by atoms with Gasteiger partial charge in [0.15, 0.2) is 0 Å². The van der Waals surface area contributed by atoms with Crippen molar-refractivity contribution in [2.75, 3.05) is 5.32 Å². The van der Waals surface area contributed by atoms with E-state index in [1.165, 1.54) is 32.1 Å². The van der Waals surface area contributed by atoms with Crippen molar-refractivity contribution in [1.82, 2.24) is 9.97 Å². The molecular weight excluding hydrogens is 284 g/mol. The van der Waals surface area contributed by atoms with Gasteiger partial charge in [-0.05, 0) is 44.7 Å². The fraction of sp³-hybridized carbons (Fsp3) is 0.526. The van der Waals surface area contributed by atoms with E-state index in [1.807, 2.05) is 12.3 Å². The van der Waals surface area contributed by atoms with Gasteiger partial charge in [-0.2, -0.15) is 5.26 Å². The lowest BCUT2D eigenvalue weighted by atomic mass is 10.00. The maximum absolute atomic E-state index is 9.16. The van der Waals surface area contributed by atoms with Gasteiger partial charge in [0.05, 0.1) is 0 Å². The molecule has 0 aromatic carbocycles. The number of aryl methyl sites for hydroxylation is 1. The van der Waals surface area contributed by atoms with E-state index in [-0.39, 0.29) is 6.04 Å². The van der Waals surface area contributed by atoms with Gasteiger partial charge in [0, 0.05) is 28.7 Å². The van der Waals surface area contributed by atoms with Crippen LogP contribution in [0.25, 0.3) is 10.8 Å². The molecule has 0 spiro atoms. The van der Waals surface area contributed by atoms with Crippen LogP contribution in [0.4, 0.5) is 5.82 Å². The van der Waals surface area contributed by atoms with E-state index in [9.17, 15) is 0 Å². The predicted octanol–water partition coefficient (Wildman–Crippen LogP) is 4.44. The number of aromatic nitrogens is 2. The van der Waals surface area contributed by atoms with E-state index in [2.05, 4.69) is 41.3 Å². The Morgan fingerprint density at radius 1 is 1.30 bits per heavy atom. The molecule has 2 aromatic rings. The number of hydrogen-bond donors (Lipinski definition) is 1. The van der Waals surface area contributed by atoms with Crippen molar-refractivity contribution in [3.05, 3.63) is 29.7 Å². The molecule has 0 aliphatic heterocycles. The van der Waals surface area contributed by atoms with E-state index in [0.717, 1.165) is 34.6 Å². The zero-order valence-electron chi connectivity index (χ0n) is 14.0. The fourth-order valence-corrected chi connectivity index (χ4v) is 3.42. The van der Waals surface area contributed by atoms with E-state index >= 15 is 0 Å². The van der Waals surface area contributed by atoms with Crippen LogP contribution < -0.4 is 5.32 Å². The van der Waals surface area contributed by atoms with Gasteiger partial charge in [0.2, 0.25) is 0 Å². The van der Waals surface area contributed by atoms with Crippen LogP contribution in [0.1, 0.15) is 57.3 Å². The SMILES string of the molecule is CC(C)Nc1nc(C#N)cc2cnc(CCC3CCCC3)cc12. The molecule has 1 saturated carbocycles. The molecule has 1 aliphatic carbocycles. The lowest BCUT2D eigenvalue weighted by Crippen LogP contribution is -2.12. The van der Waals surface area contributed by atoms with Gasteiger partial charge in [-0.1, -0.05) is 25.7 Å². The van der Waals surface area contributed by atoms with Gasteiger partial charge in [-0.25, -0.2) is 4.98 Å². The summed E-state index contributed by atoms with van der Waals surface area (Å²) in [5, 5.41) is 14.6. The number of fused-ring (bicyclic) bond motifs is 1. The van der Waals surface area contributed by atoms with Crippen LogP contribution in [0.2, 0.25) is 0 Å². The summed E-state index contributed by atoms with van der Waals surface area (Å²) in [4.78, 5) is 9.04. The third-order valence-electron chi connectivity index (χ3n) is 4.59. The zero-order chi connectivity index (χ0) is 16.2. The minimum atomic E-state index is 0.273. The Bertz CT molecular complexity index is 724. The minimum Gasteiger partial charge on any atom is -0.367 e. The van der Waals surface area contributed by atoms with E-state index in [4.69, 9.17) is 5.26 Å². The van der Waals surface area contributed by atoms with Crippen LogP contribution >= 0.6 is 0 Å². The number of nitrogens with zero attached hydrogens (tertiary/aromatic N) is 3. The highest BCUT2D eigenvalue weighted by molar-refractivity contribution is 5.92. The van der Waals surface area contributed by atoms with Crippen molar-refractivity contribution < 1.29 is 0 Å². The molecule has 120 valence electrons. The Hall–Kier alpha value is -2.15. The van der Waals surface area contributed by atoms with Crippen molar-refractivity contribution in [1.29, 1.82) is 5.26 Å². The normalized spacial score (nSPS) is 15.2. The molecule has 0 radical (unpaired) electrons. The molecule has 1 fully saturated rings. The number of pyridine rings is 2.